The third-order valence-corrected chi connectivity index (χ3v) is 3.18. The molecule has 0 bridgehead atoms. The van der Waals surface area contributed by atoms with E-state index in [4.69, 9.17) is 11.6 Å². The quantitative estimate of drug-likeness (QED) is 0.906. The number of halogens is 1. The number of hydrogen-bond acceptors (Lipinski definition) is 2. The van der Waals surface area contributed by atoms with Gasteiger partial charge in [-0.1, -0.05) is 36.7 Å². The molecule has 0 saturated heterocycles. The summed E-state index contributed by atoms with van der Waals surface area (Å²) in [4.78, 5) is 4.36. The molecule has 0 aliphatic carbocycles. The zero-order chi connectivity index (χ0) is 13.0. The highest BCUT2D eigenvalue weighted by atomic mass is 35.5. The number of nitrogens with one attached hydrogen (secondary N) is 1. The predicted octanol–water partition coefficient (Wildman–Crippen LogP) is 3.74. The van der Waals surface area contributed by atoms with E-state index in [1.54, 1.807) is 0 Å². The van der Waals surface area contributed by atoms with E-state index >= 15 is 0 Å². The molecule has 0 radical (unpaired) electrons. The summed E-state index contributed by atoms with van der Waals surface area (Å²) in [5.74, 6) is 0. The van der Waals surface area contributed by atoms with Gasteiger partial charge in [0.1, 0.15) is 0 Å². The van der Waals surface area contributed by atoms with Crippen molar-refractivity contribution in [3.05, 3.63) is 64.4 Å². The smallest absolute Gasteiger partial charge is 0.0595 e. The summed E-state index contributed by atoms with van der Waals surface area (Å²) < 4.78 is 0. The number of rotatable bonds is 4. The van der Waals surface area contributed by atoms with Gasteiger partial charge in [0.2, 0.25) is 0 Å². The minimum atomic E-state index is 0.141. The van der Waals surface area contributed by atoms with Crippen molar-refractivity contribution >= 4 is 11.6 Å². The van der Waals surface area contributed by atoms with E-state index in [2.05, 4.69) is 29.4 Å². The van der Waals surface area contributed by atoms with Crippen LogP contribution < -0.4 is 5.32 Å². The van der Waals surface area contributed by atoms with Gasteiger partial charge < -0.3 is 5.32 Å². The molecule has 1 atom stereocenters. The van der Waals surface area contributed by atoms with Gasteiger partial charge in [0.25, 0.3) is 0 Å². The Morgan fingerprint density at radius 3 is 2.78 bits per heavy atom. The Morgan fingerprint density at radius 2 is 2.11 bits per heavy atom. The van der Waals surface area contributed by atoms with Crippen LogP contribution in [0.3, 0.4) is 0 Å². The molecule has 1 aromatic heterocycles. The second kappa shape index (κ2) is 5.98. The molecular formula is C15H17ClN2. The van der Waals surface area contributed by atoms with E-state index in [0.717, 1.165) is 17.3 Å². The maximum Gasteiger partial charge on any atom is 0.0595 e. The lowest BCUT2D eigenvalue weighted by Gasteiger charge is -2.20. The fourth-order valence-corrected chi connectivity index (χ4v) is 2.30. The third kappa shape index (κ3) is 2.89. The predicted molar refractivity (Wildman–Crippen MR) is 75.9 cm³/mol. The molecule has 1 unspecified atom stereocenters. The Labute approximate surface area is 113 Å². The van der Waals surface area contributed by atoms with Gasteiger partial charge in [0.05, 0.1) is 6.04 Å². The van der Waals surface area contributed by atoms with Crippen LogP contribution in [0.25, 0.3) is 0 Å². The highest BCUT2D eigenvalue weighted by Gasteiger charge is 2.15. The molecule has 0 fully saturated rings. The van der Waals surface area contributed by atoms with E-state index in [-0.39, 0.29) is 6.04 Å². The summed E-state index contributed by atoms with van der Waals surface area (Å²) in [6, 6.07) is 12.2. The Hall–Kier alpha value is -1.38. The Balaban J connectivity index is 2.43. The second-order valence-electron chi connectivity index (χ2n) is 4.22. The van der Waals surface area contributed by atoms with Crippen LogP contribution in [0.15, 0.2) is 42.6 Å². The Morgan fingerprint density at radius 1 is 1.28 bits per heavy atom. The molecule has 2 nitrogen and oxygen atoms in total. The van der Waals surface area contributed by atoms with Gasteiger partial charge in [-0.2, -0.15) is 0 Å². The van der Waals surface area contributed by atoms with E-state index in [1.165, 1.54) is 11.1 Å². The molecule has 18 heavy (non-hydrogen) atoms. The lowest BCUT2D eigenvalue weighted by Crippen LogP contribution is -2.23. The van der Waals surface area contributed by atoms with Crippen LogP contribution >= 0.6 is 11.6 Å². The summed E-state index contributed by atoms with van der Waals surface area (Å²) in [5, 5.41) is 4.25. The first-order chi connectivity index (χ1) is 8.72. The van der Waals surface area contributed by atoms with Crippen molar-refractivity contribution in [3.63, 3.8) is 0 Å². The van der Waals surface area contributed by atoms with Crippen LogP contribution in [0.5, 0.6) is 0 Å². The molecule has 0 spiro atoms. The molecule has 3 heteroatoms. The van der Waals surface area contributed by atoms with Crippen LogP contribution in [0.1, 0.15) is 29.8 Å². The van der Waals surface area contributed by atoms with E-state index in [1.807, 2.05) is 37.4 Å². The van der Waals surface area contributed by atoms with Crippen LogP contribution in [0, 0.1) is 6.92 Å². The number of hydrogen-bond donors (Lipinski definition) is 1. The molecule has 94 valence electrons. The maximum absolute atomic E-state index is 6.07. The van der Waals surface area contributed by atoms with E-state index in [0.29, 0.717) is 0 Å². The van der Waals surface area contributed by atoms with Crippen LogP contribution in [0.2, 0.25) is 5.02 Å². The molecule has 0 aliphatic rings. The molecule has 1 aromatic carbocycles. The van der Waals surface area contributed by atoms with Crippen molar-refractivity contribution in [2.75, 3.05) is 6.54 Å². The van der Waals surface area contributed by atoms with Gasteiger partial charge >= 0.3 is 0 Å². The number of aromatic nitrogens is 1. The Kier molecular flexibility index (Phi) is 4.34. The SMILES string of the molecule is CCNC(c1cccc(Cl)c1)c1cccnc1C. The summed E-state index contributed by atoms with van der Waals surface area (Å²) in [6.07, 6.45) is 1.82. The molecule has 2 rings (SSSR count). The third-order valence-electron chi connectivity index (χ3n) is 2.95. The van der Waals surface area contributed by atoms with Gasteiger partial charge in [-0.3, -0.25) is 4.98 Å². The highest BCUT2D eigenvalue weighted by Crippen LogP contribution is 2.25. The highest BCUT2D eigenvalue weighted by molar-refractivity contribution is 6.30. The average molecular weight is 261 g/mol. The largest absolute Gasteiger partial charge is 0.306 e. The number of benzene rings is 1. The first kappa shape index (κ1) is 13.1. The van der Waals surface area contributed by atoms with Crippen LogP contribution in [-0.4, -0.2) is 11.5 Å². The van der Waals surface area contributed by atoms with Crippen LogP contribution in [0.4, 0.5) is 0 Å². The number of aryl methyl sites for hydroxylation is 1. The maximum atomic E-state index is 6.07. The summed E-state index contributed by atoms with van der Waals surface area (Å²) >= 11 is 6.07. The topological polar surface area (TPSA) is 24.9 Å². The summed E-state index contributed by atoms with van der Waals surface area (Å²) in [6.45, 7) is 5.03. The molecule has 0 saturated carbocycles. The molecule has 1 N–H and O–H groups in total. The van der Waals surface area contributed by atoms with E-state index < -0.39 is 0 Å². The minimum Gasteiger partial charge on any atom is -0.306 e. The fourth-order valence-electron chi connectivity index (χ4n) is 2.10. The Bertz CT molecular complexity index is 525. The van der Waals surface area contributed by atoms with Gasteiger partial charge in [-0.15, -0.1) is 0 Å². The second-order valence-corrected chi connectivity index (χ2v) is 4.66. The van der Waals surface area contributed by atoms with Gasteiger partial charge in [0.15, 0.2) is 0 Å². The van der Waals surface area contributed by atoms with Crippen molar-refractivity contribution < 1.29 is 0 Å². The van der Waals surface area contributed by atoms with Crippen molar-refractivity contribution in [2.24, 2.45) is 0 Å². The first-order valence-electron chi connectivity index (χ1n) is 6.12. The zero-order valence-corrected chi connectivity index (χ0v) is 11.4. The molecule has 0 amide bonds. The molecular weight excluding hydrogens is 244 g/mol. The molecule has 2 aromatic rings. The van der Waals surface area contributed by atoms with E-state index in [9.17, 15) is 0 Å². The monoisotopic (exact) mass is 260 g/mol. The van der Waals surface area contributed by atoms with Gasteiger partial charge in [0, 0.05) is 16.9 Å². The number of nitrogens with zero attached hydrogens (tertiary/aromatic N) is 1. The van der Waals surface area contributed by atoms with Crippen molar-refractivity contribution in [2.45, 2.75) is 19.9 Å². The first-order valence-corrected chi connectivity index (χ1v) is 6.50. The lowest BCUT2D eigenvalue weighted by molar-refractivity contribution is 0.625. The van der Waals surface area contributed by atoms with Crippen molar-refractivity contribution in [1.82, 2.24) is 10.3 Å². The molecule has 1 heterocycles. The molecule has 0 aliphatic heterocycles. The average Bonchev–Trinajstić information content (AvgIpc) is 2.37. The zero-order valence-electron chi connectivity index (χ0n) is 10.7. The number of pyridine rings is 1. The summed E-state index contributed by atoms with van der Waals surface area (Å²) in [7, 11) is 0. The van der Waals surface area contributed by atoms with Crippen molar-refractivity contribution in [1.29, 1.82) is 0 Å². The lowest BCUT2D eigenvalue weighted by atomic mass is 9.97. The van der Waals surface area contributed by atoms with Crippen molar-refractivity contribution in [3.8, 4) is 0 Å². The van der Waals surface area contributed by atoms with Gasteiger partial charge in [-0.05, 0) is 42.8 Å². The summed E-state index contributed by atoms with van der Waals surface area (Å²) in [5.41, 5.74) is 3.41. The normalized spacial score (nSPS) is 12.4. The standard InChI is InChI=1S/C15H17ClN2/c1-3-17-15(12-6-4-7-13(16)10-12)14-8-5-9-18-11(14)2/h4-10,15,17H,3H2,1-2H3. The fraction of sp³-hybridized carbons (Fsp3) is 0.267. The van der Waals surface area contributed by atoms with Gasteiger partial charge in [-0.25, -0.2) is 0 Å². The van der Waals surface area contributed by atoms with Crippen LogP contribution in [-0.2, 0) is 0 Å². The minimum absolute atomic E-state index is 0.141.